The van der Waals surface area contributed by atoms with Gasteiger partial charge in [0.1, 0.15) is 5.67 Å². The SMILES string of the molecule is C=C1CCc2ccc(C(=O)NC3CCC(Nc4cc(C(C)(C)F)nc5ccc(C)cc45)CC3)cc2N1. The Hall–Kier alpha value is -3.41. The summed E-state index contributed by atoms with van der Waals surface area (Å²) in [5.74, 6) is -0.0300. The number of carbonyl (C=O) groups is 1. The van der Waals surface area contributed by atoms with Crippen molar-refractivity contribution in [3.05, 3.63) is 77.1 Å². The van der Waals surface area contributed by atoms with Gasteiger partial charge in [0.15, 0.2) is 0 Å². The minimum atomic E-state index is -1.52. The highest BCUT2D eigenvalue weighted by atomic mass is 19.1. The van der Waals surface area contributed by atoms with Crippen molar-refractivity contribution >= 4 is 28.2 Å². The Morgan fingerprint density at radius 2 is 1.81 bits per heavy atom. The summed E-state index contributed by atoms with van der Waals surface area (Å²) in [5, 5.41) is 11.2. The predicted molar refractivity (Wildman–Crippen MR) is 145 cm³/mol. The van der Waals surface area contributed by atoms with Crippen molar-refractivity contribution in [2.45, 2.75) is 77.0 Å². The Bertz CT molecular complexity index is 1320. The summed E-state index contributed by atoms with van der Waals surface area (Å²) in [6, 6.07) is 14.2. The summed E-state index contributed by atoms with van der Waals surface area (Å²) >= 11 is 0. The van der Waals surface area contributed by atoms with E-state index in [2.05, 4.69) is 40.5 Å². The number of halogens is 1. The average Bonchev–Trinajstić information content (AvgIpc) is 2.84. The molecule has 188 valence electrons. The molecule has 0 bridgehead atoms. The lowest BCUT2D eigenvalue weighted by molar-refractivity contribution is 0.0926. The number of anilines is 2. The van der Waals surface area contributed by atoms with Gasteiger partial charge in [-0.1, -0.05) is 24.3 Å². The second-order valence-corrected chi connectivity index (χ2v) is 10.8. The molecule has 1 aromatic heterocycles. The van der Waals surface area contributed by atoms with Gasteiger partial charge in [0.2, 0.25) is 0 Å². The van der Waals surface area contributed by atoms with E-state index in [0.29, 0.717) is 11.3 Å². The van der Waals surface area contributed by atoms with Gasteiger partial charge in [-0.15, -0.1) is 0 Å². The van der Waals surface area contributed by atoms with Crippen molar-refractivity contribution in [2.75, 3.05) is 10.6 Å². The highest BCUT2D eigenvalue weighted by molar-refractivity contribution is 5.96. The van der Waals surface area contributed by atoms with E-state index in [-0.39, 0.29) is 18.0 Å². The molecule has 0 radical (unpaired) electrons. The van der Waals surface area contributed by atoms with E-state index >= 15 is 0 Å². The summed E-state index contributed by atoms with van der Waals surface area (Å²) in [4.78, 5) is 17.5. The van der Waals surface area contributed by atoms with Crippen LogP contribution < -0.4 is 16.0 Å². The molecule has 1 saturated carbocycles. The number of aromatic nitrogens is 1. The van der Waals surface area contributed by atoms with Crippen LogP contribution in [0.1, 0.15) is 73.1 Å². The number of amides is 1. The third kappa shape index (κ3) is 5.23. The van der Waals surface area contributed by atoms with Gasteiger partial charge in [0, 0.05) is 40.1 Å². The second kappa shape index (κ2) is 9.57. The van der Waals surface area contributed by atoms with Gasteiger partial charge >= 0.3 is 0 Å². The Morgan fingerprint density at radius 3 is 2.56 bits per heavy atom. The lowest BCUT2D eigenvalue weighted by atomic mass is 9.90. The van der Waals surface area contributed by atoms with E-state index in [0.717, 1.165) is 72.1 Å². The first-order valence-corrected chi connectivity index (χ1v) is 12.9. The number of fused-ring (bicyclic) bond motifs is 2. The molecule has 2 heterocycles. The molecular formula is C30H35FN4O. The van der Waals surface area contributed by atoms with Gasteiger partial charge in [-0.05, 0) is 95.2 Å². The number of benzene rings is 2. The van der Waals surface area contributed by atoms with Crippen molar-refractivity contribution in [2.24, 2.45) is 0 Å². The number of nitrogens with zero attached hydrogens (tertiary/aromatic N) is 1. The van der Waals surface area contributed by atoms with Crippen LogP contribution in [-0.2, 0) is 12.1 Å². The molecule has 5 rings (SSSR count). The second-order valence-electron chi connectivity index (χ2n) is 10.8. The van der Waals surface area contributed by atoms with Crippen LogP contribution in [0.25, 0.3) is 10.9 Å². The number of hydrogen-bond donors (Lipinski definition) is 3. The van der Waals surface area contributed by atoms with Crippen LogP contribution in [0.15, 0.2) is 54.7 Å². The van der Waals surface area contributed by atoms with Crippen LogP contribution in [0.3, 0.4) is 0 Å². The monoisotopic (exact) mass is 486 g/mol. The molecule has 2 aromatic carbocycles. The lowest BCUT2D eigenvalue weighted by Gasteiger charge is -2.31. The number of rotatable bonds is 5. The summed E-state index contributed by atoms with van der Waals surface area (Å²) in [6.07, 6.45) is 5.54. The van der Waals surface area contributed by atoms with Crippen LogP contribution in [0.5, 0.6) is 0 Å². The zero-order valence-corrected chi connectivity index (χ0v) is 21.4. The van der Waals surface area contributed by atoms with Crippen molar-refractivity contribution in [1.82, 2.24) is 10.3 Å². The molecule has 2 aliphatic rings. The number of aryl methyl sites for hydroxylation is 2. The molecule has 0 spiro atoms. The molecule has 3 aromatic rings. The molecule has 6 heteroatoms. The average molecular weight is 487 g/mol. The third-order valence-corrected chi connectivity index (χ3v) is 7.37. The molecule has 1 fully saturated rings. The number of nitrogens with one attached hydrogen (secondary N) is 3. The normalized spacial score (nSPS) is 19.9. The largest absolute Gasteiger partial charge is 0.382 e. The van der Waals surface area contributed by atoms with Crippen LogP contribution in [0.2, 0.25) is 0 Å². The van der Waals surface area contributed by atoms with Gasteiger partial charge in [0.25, 0.3) is 5.91 Å². The topological polar surface area (TPSA) is 66.0 Å². The minimum Gasteiger partial charge on any atom is -0.382 e. The lowest BCUT2D eigenvalue weighted by Crippen LogP contribution is -2.40. The maximum absolute atomic E-state index is 14.8. The van der Waals surface area contributed by atoms with E-state index in [9.17, 15) is 9.18 Å². The van der Waals surface area contributed by atoms with E-state index in [1.165, 1.54) is 5.56 Å². The fraction of sp³-hybridized carbons (Fsp3) is 0.400. The molecule has 3 N–H and O–H groups in total. The van der Waals surface area contributed by atoms with E-state index in [1.807, 2.05) is 36.4 Å². The summed E-state index contributed by atoms with van der Waals surface area (Å²) in [5.41, 5.74) is 5.68. The molecule has 5 nitrogen and oxygen atoms in total. The van der Waals surface area contributed by atoms with E-state index in [4.69, 9.17) is 0 Å². The van der Waals surface area contributed by atoms with Gasteiger partial charge in [-0.25, -0.2) is 9.37 Å². The van der Waals surface area contributed by atoms with Crippen LogP contribution in [0.4, 0.5) is 15.8 Å². The van der Waals surface area contributed by atoms with Gasteiger partial charge in [-0.2, -0.15) is 0 Å². The molecule has 1 aliphatic heterocycles. The molecule has 0 unspecified atom stereocenters. The highest BCUT2D eigenvalue weighted by Gasteiger charge is 2.26. The number of hydrogen-bond acceptors (Lipinski definition) is 4. The van der Waals surface area contributed by atoms with Crippen molar-refractivity contribution in [1.29, 1.82) is 0 Å². The number of alkyl halides is 1. The summed E-state index contributed by atoms with van der Waals surface area (Å²) in [6.45, 7) is 9.16. The Kier molecular flexibility index (Phi) is 6.45. The zero-order chi connectivity index (χ0) is 25.4. The highest BCUT2D eigenvalue weighted by Crippen LogP contribution is 2.33. The summed E-state index contributed by atoms with van der Waals surface area (Å²) < 4.78 is 14.8. The molecule has 0 saturated heterocycles. The van der Waals surface area contributed by atoms with Gasteiger partial charge in [-0.3, -0.25) is 4.79 Å². The maximum atomic E-state index is 14.8. The van der Waals surface area contributed by atoms with Crippen molar-refractivity contribution < 1.29 is 9.18 Å². The maximum Gasteiger partial charge on any atom is 0.251 e. The van der Waals surface area contributed by atoms with Gasteiger partial charge < -0.3 is 16.0 Å². The Labute approximate surface area is 212 Å². The van der Waals surface area contributed by atoms with Crippen LogP contribution in [-0.4, -0.2) is 23.0 Å². The van der Waals surface area contributed by atoms with Gasteiger partial charge in [0.05, 0.1) is 11.2 Å². The van der Waals surface area contributed by atoms with Crippen molar-refractivity contribution in [3.63, 3.8) is 0 Å². The van der Waals surface area contributed by atoms with Crippen molar-refractivity contribution in [3.8, 4) is 0 Å². The fourth-order valence-electron chi connectivity index (χ4n) is 5.22. The first-order chi connectivity index (χ1) is 17.2. The van der Waals surface area contributed by atoms with Crippen LogP contribution >= 0.6 is 0 Å². The third-order valence-electron chi connectivity index (χ3n) is 7.37. The standard InChI is InChI=1S/C30H35FN4O/c1-18-5-14-25-24(15-18)27(17-28(35-25)30(3,4)31)33-22-10-12-23(13-11-22)34-29(36)21-9-8-20-7-6-19(2)32-26(20)16-21/h5,8-9,14-17,22-23,32H,2,6-7,10-13H2,1,3-4H3,(H,33,35)(H,34,36). The number of carbonyl (C=O) groups excluding carboxylic acids is 1. The molecule has 1 amide bonds. The predicted octanol–water partition coefficient (Wildman–Crippen LogP) is 6.77. The Balaban J connectivity index is 1.24. The first kappa shape index (κ1) is 24.3. The number of allylic oxidation sites excluding steroid dienone is 1. The fourth-order valence-corrected chi connectivity index (χ4v) is 5.22. The minimum absolute atomic E-state index is 0.0300. The molecule has 0 atom stereocenters. The van der Waals surface area contributed by atoms with E-state index < -0.39 is 5.67 Å². The zero-order valence-electron chi connectivity index (χ0n) is 21.4. The first-order valence-electron chi connectivity index (χ1n) is 12.9. The molecule has 36 heavy (non-hydrogen) atoms. The smallest absolute Gasteiger partial charge is 0.251 e. The van der Waals surface area contributed by atoms with Crippen LogP contribution in [0, 0.1) is 6.92 Å². The molecular weight excluding hydrogens is 451 g/mol. The summed E-state index contributed by atoms with van der Waals surface area (Å²) in [7, 11) is 0. The number of pyridine rings is 1. The van der Waals surface area contributed by atoms with E-state index in [1.54, 1.807) is 13.8 Å². The Morgan fingerprint density at radius 1 is 1.06 bits per heavy atom. The molecule has 1 aliphatic carbocycles. The quantitative estimate of drug-likeness (QED) is 0.372.